The molecule has 0 fully saturated rings. The molecule has 0 aromatic heterocycles. The molecule has 1 aliphatic carbocycles. The predicted molar refractivity (Wildman–Crippen MR) is 61.4 cm³/mol. The van der Waals surface area contributed by atoms with Crippen LogP contribution in [0.1, 0.15) is 0 Å². The quantitative estimate of drug-likeness (QED) is 0.729. The highest BCUT2D eigenvalue weighted by Crippen LogP contribution is 2.40. The van der Waals surface area contributed by atoms with Crippen LogP contribution in [0.15, 0.2) is 39.6 Å². The van der Waals surface area contributed by atoms with Gasteiger partial charge in [-0.05, 0) is 0 Å². The summed E-state index contributed by atoms with van der Waals surface area (Å²) < 4.78 is 38.6. The Morgan fingerprint density at radius 1 is 1.42 bits per heavy atom. The predicted octanol–water partition coefficient (Wildman–Crippen LogP) is 2.37. The highest BCUT2D eigenvalue weighted by atomic mass is 35.5. The molecular weight excluding hydrogens is 287 g/mol. The lowest BCUT2D eigenvalue weighted by molar-refractivity contribution is -0.132. The Balaban J connectivity index is 2.68. The van der Waals surface area contributed by atoms with Gasteiger partial charge in [0.25, 0.3) is 0 Å². The molecular formula is C11H7ClF3NO3. The summed E-state index contributed by atoms with van der Waals surface area (Å²) in [6.45, 7) is 0. The number of dihydropyridines is 1. The number of aliphatic hydroxyl groups excluding tert-OH is 1. The lowest BCUT2D eigenvalue weighted by atomic mass is 9.87. The number of nitrogens with zero attached hydrogens (tertiary/aromatic N) is 1. The van der Waals surface area contributed by atoms with Gasteiger partial charge in [0.1, 0.15) is 11.3 Å². The molecule has 0 radical (unpaired) electrons. The van der Waals surface area contributed by atoms with Gasteiger partial charge in [0.15, 0.2) is 0 Å². The van der Waals surface area contributed by atoms with E-state index < -0.39 is 46.0 Å². The van der Waals surface area contributed by atoms with Crippen molar-refractivity contribution >= 4 is 23.8 Å². The van der Waals surface area contributed by atoms with Crippen LogP contribution >= 0.6 is 11.6 Å². The van der Waals surface area contributed by atoms with Crippen molar-refractivity contribution in [3.8, 4) is 0 Å². The van der Waals surface area contributed by atoms with Crippen molar-refractivity contribution in [3.63, 3.8) is 0 Å². The average molecular weight is 294 g/mol. The molecule has 0 saturated heterocycles. The van der Waals surface area contributed by atoms with Gasteiger partial charge in [-0.3, -0.25) is 4.99 Å². The van der Waals surface area contributed by atoms with Crippen molar-refractivity contribution in [3.05, 3.63) is 34.6 Å². The molecule has 0 spiro atoms. The molecule has 2 unspecified atom stereocenters. The Morgan fingerprint density at radius 3 is 2.58 bits per heavy atom. The summed E-state index contributed by atoms with van der Waals surface area (Å²) in [5, 5.41) is 17.7. The lowest BCUT2D eigenvalue weighted by Gasteiger charge is -2.29. The maximum absolute atomic E-state index is 12.9. The number of rotatable bonds is 1. The van der Waals surface area contributed by atoms with Crippen LogP contribution in [0.4, 0.5) is 13.2 Å². The fraction of sp³-hybridized carbons (Fsp3) is 0.273. The first-order valence-corrected chi connectivity index (χ1v) is 5.51. The number of aliphatic carboxylic acids is 1. The third kappa shape index (κ3) is 2.25. The van der Waals surface area contributed by atoms with Crippen molar-refractivity contribution in [2.24, 2.45) is 4.99 Å². The first kappa shape index (κ1) is 13.7. The van der Waals surface area contributed by atoms with E-state index in [9.17, 15) is 23.1 Å². The molecule has 0 bridgehead atoms. The maximum Gasteiger partial charge on any atom is 0.416 e. The van der Waals surface area contributed by atoms with Crippen molar-refractivity contribution < 1.29 is 28.2 Å². The molecule has 8 heteroatoms. The normalized spacial score (nSPS) is 26.7. The minimum absolute atomic E-state index is 0.602. The molecule has 1 aliphatic heterocycles. The maximum atomic E-state index is 12.9. The fourth-order valence-corrected chi connectivity index (χ4v) is 2.15. The number of aliphatic hydroxyl groups is 1. The summed E-state index contributed by atoms with van der Waals surface area (Å²) >= 11 is 5.81. The van der Waals surface area contributed by atoms with Gasteiger partial charge in [0.05, 0.1) is 17.0 Å². The van der Waals surface area contributed by atoms with E-state index in [0.29, 0.717) is 0 Å². The number of hydrogen-bond donors (Lipinski definition) is 2. The van der Waals surface area contributed by atoms with Crippen LogP contribution in [0.2, 0.25) is 0 Å². The number of hydrogen-bond acceptors (Lipinski definition) is 3. The second kappa shape index (κ2) is 4.41. The fourth-order valence-electron chi connectivity index (χ4n) is 1.89. The standard InChI is InChI=1S/C11H7ClF3NO3/c12-6-2-1-5(11(13,14)15)7-8(6)16-3-4(9(7)17)10(18)19/h1-3,6,8,17H,(H,18,19). The number of carbonyl (C=O) groups is 1. The third-order valence-electron chi connectivity index (χ3n) is 2.74. The van der Waals surface area contributed by atoms with Crippen LogP contribution in [0.5, 0.6) is 0 Å². The Hall–Kier alpha value is -1.76. The number of aliphatic imine (C=N–C) groups is 1. The van der Waals surface area contributed by atoms with Crippen LogP contribution in [0.25, 0.3) is 0 Å². The van der Waals surface area contributed by atoms with Crippen molar-refractivity contribution in [1.82, 2.24) is 0 Å². The largest absolute Gasteiger partial charge is 0.507 e. The van der Waals surface area contributed by atoms with Gasteiger partial charge in [-0.2, -0.15) is 13.2 Å². The van der Waals surface area contributed by atoms with Crippen LogP contribution in [0.3, 0.4) is 0 Å². The Bertz CT molecular complexity index is 560. The van der Waals surface area contributed by atoms with Crippen LogP contribution in [0, 0.1) is 0 Å². The number of allylic oxidation sites excluding steroid dienone is 2. The SMILES string of the molecule is O=C(O)C1=C(O)C2=C(C(F)(F)F)C=CC(Cl)C2N=C1. The van der Waals surface area contributed by atoms with Gasteiger partial charge in [-0.25, -0.2) is 4.79 Å². The minimum atomic E-state index is -4.73. The molecule has 0 saturated carbocycles. The van der Waals surface area contributed by atoms with E-state index in [1.165, 1.54) is 0 Å². The Labute approximate surface area is 110 Å². The summed E-state index contributed by atoms with van der Waals surface area (Å²) in [6.07, 6.45) is -2.09. The van der Waals surface area contributed by atoms with Crippen LogP contribution in [-0.4, -0.2) is 40.0 Å². The molecule has 2 N–H and O–H groups in total. The summed E-state index contributed by atoms with van der Waals surface area (Å²) in [4.78, 5) is 14.5. The highest BCUT2D eigenvalue weighted by Gasteiger charge is 2.43. The zero-order valence-electron chi connectivity index (χ0n) is 9.15. The van der Waals surface area contributed by atoms with Gasteiger partial charge in [0.2, 0.25) is 0 Å². The van der Waals surface area contributed by atoms with E-state index in [1.807, 2.05) is 0 Å². The summed E-state index contributed by atoms with van der Waals surface area (Å²) in [5.41, 5.74) is -2.43. The Kier molecular flexibility index (Phi) is 3.17. The zero-order chi connectivity index (χ0) is 14.4. The zero-order valence-corrected chi connectivity index (χ0v) is 9.90. The van der Waals surface area contributed by atoms with Gasteiger partial charge in [0, 0.05) is 11.8 Å². The first-order valence-electron chi connectivity index (χ1n) is 5.07. The van der Waals surface area contributed by atoms with E-state index in [1.54, 1.807) is 0 Å². The van der Waals surface area contributed by atoms with Gasteiger partial charge >= 0.3 is 12.1 Å². The minimum Gasteiger partial charge on any atom is -0.507 e. The van der Waals surface area contributed by atoms with Crippen molar-refractivity contribution in [1.29, 1.82) is 0 Å². The summed E-state index contributed by atoms with van der Waals surface area (Å²) in [5.74, 6) is -2.51. The first-order chi connectivity index (χ1) is 8.73. The lowest BCUT2D eigenvalue weighted by Crippen LogP contribution is -2.33. The summed E-state index contributed by atoms with van der Waals surface area (Å²) in [7, 11) is 0. The number of carboxylic acid groups (broad SMARTS) is 1. The number of alkyl halides is 4. The second-order valence-corrected chi connectivity index (χ2v) is 4.42. The highest BCUT2D eigenvalue weighted by molar-refractivity contribution is 6.23. The number of fused-ring (bicyclic) bond motifs is 1. The van der Waals surface area contributed by atoms with Crippen LogP contribution < -0.4 is 0 Å². The van der Waals surface area contributed by atoms with Crippen molar-refractivity contribution in [2.45, 2.75) is 17.6 Å². The average Bonchev–Trinajstić information content (AvgIpc) is 2.28. The third-order valence-corrected chi connectivity index (χ3v) is 3.13. The van der Waals surface area contributed by atoms with E-state index >= 15 is 0 Å². The number of halogens is 4. The van der Waals surface area contributed by atoms with E-state index in [2.05, 4.69) is 4.99 Å². The van der Waals surface area contributed by atoms with Gasteiger partial charge in [-0.15, -0.1) is 11.6 Å². The Morgan fingerprint density at radius 2 is 2.05 bits per heavy atom. The molecule has 102 valence electrons. The number of carboxylic acids is 1. The van der Waals surface area contributed by atoms with E-state index in [-0.39, 0.29) is 0 Å². The van der Waals surface area contributed by atoms with Gasteiger partial charge < -0.3 is 10.2 Å². The smallest absolute Gasteiger partial charge is 0.416 e. The van der Waals surface area contributed by atoms with E-state index in [4.69, 9.17) is 16.7 Å². The molecule has 0 aromatic carbocycles. The molecule has 2 rings (SSSR count). The molecule has 0 amide bonds. The monoisotopic (exact) mass is 293 g/mol. The molecule has 2 aliphatic rings. The molecule has 0 aromatic rings. The van der Waals surface area contributed by atoms with E-state index in [0.717, 1.165) is 18.4 Å². The second-order valence-electron chi connectivity index (χ2n) is 3.92. The van der Waals surface area contributed by atoms with Gasteiger partial charge in [-0.1, -0.05) is 12.2 Å². The van der Waals surface area contributed by atoms with Crippen LogP contribution in [-0.2, 0) is 4.79 Å². The molecule has 1 heterocycles. The summed E-state index contributed by atoms with van der Waals surface area (Å²) in [6, 6.07) is -1.15. The van der Waals surface area contributed by atoms with Crippen molar-refractivity contribution in [2.75, 3.05) is 0 Å². The molecule has 19 heavy (non-hydrogen) atoms. The molecule has 2 atom stereocenters. The topological polar surface area (TPSA) is 69.9 Å². The molecule has 4 nitrogen and oxygen atoms in total.